The molecule has 0 bridgehead atoms. The second-order valence-corrected chi connectivity index (χ2v) is 8.43. The number of halogens is 2. The third kappa shape index (κ3) is 2.37. The van der Waals surface area contributed by atoms with Crippen LogP contribution < -0.4 is 5.73 Å². The molecule has 2 aliphatic rings. The topological polar surface area (TPSA) is 76.3 Å². The average Bonchev–Trinajstić information content (AvgIpc) is 3.01. The summed E-state index contributed by atoms with van der Waals surface area (Å²) < 4.78 is 14.4. The van der Waals surface area contributed by atoms with Gasteiger partial charge in [0.1, 0.15) is 11.5 Å². The van der Waals surface area contributed by atoms with Crippen molar-refractivity contribution in [2.24, 2.45) is 11.1 Å². The van der Waals surface area contributed by atoms with E-state index in [0.29, 0.717) is 22.7 Å². The second-order valence-electron chi connectivity index (χ2n) is 6.82. The Morgan fingerprint density at radius 3 is 2.81 bits per heavy atom. The minimum Gasteiger partial charge on any atom is -0.369 e. The van der Waals surface area contributed by atoms with Crippen molar-refractivity contribution in [1.82, 2.24) is 9.88 Å². The van der Waals surface area contributed by atoms with Crippen molar-refractivity contribution in [3.63, 3.8) is 0 Å². The summed E-state index contributed by atoms with van der Waals surface area (Å²) in [6.07, 6.45) is 0.983. The van der Waals surface area contributed by atoms with Crippen LogP contribution >= 0.6 is 22.9 Å². The molecule has 2 heterocycles. The van der Waals surface area contributed by atoms with E-state index in [1.165, 1.54) is 23.5 Å². The van der Waals surface area contributed by atoms with Crippen LogP contribution in [0, 0.1) is 25.1 Å². The Morgan fingerprint density at radius 1 is 1.46 bits per heavy atom. The van der Waals surface area contributed by atoms with Crippen LogP contribution in [0.5, 0.6) is 0 Å². The number of amides is 2. The number of nitrogens with zero attached hydrogens (tertiary/aromatic N) is 2. The van der Waals surface area contributed by atoms with Gasteiger partial charge in [-0.05, 0) is 38.8 Å². The van der Waals surface area contributed by atoms with Gasteiger partial charge in [0.15, 0.2) is 0 Å². The quantitative estimate of drug-likeness (QED) is 0.871. The molecule has 2 amide bonds. The molecule has 26 heavy (non-hydrogen) atoms. The molecule has 1 aromatic heterocycles. The third-order valence-electron chi connectivity index (χ3n) is 5.22. The number of thiazole rings is 1. The summed E-state index contributed by atoms with van der Waals surface area (Å²) in [5, 5.41) is 0.840. The zero-order valence-corrected chi connectivity index (χ0v) is 15.5. The number of nitrogens with two attached hydrogens (primary N) is 1. The molecular formula is C18H16ClFN3O2S. The SMILES string of the molecule is [CH2][C@H]1C[C@@]2(C(N)=O)C[C@@H]2N1C(=O)c1nc(C)sc1-c1c(F)cccc1Cl. The second kappa shape index (κ2) is 5.76. The van der Waals surface area contributed by atoms with Crippen molar-refractivity contribution in [3.8, 4) is 10.4 Å². The fourth-order valence-electron chi connectivity index (χ4n) is 3.89. The molecule has 0 unspecified atom stereocenters. The minimum atomic E-state index is -0.678. The fourth-order valence-corrected chi connectivity index (χ4v) is 5.18. The maximum Gasteiger partial charge on any atom is 0.274 e. The lowest BCUT2D eigenvalue weighted by Gasteiger charge is -2.24. The maximum absolute atomic E-state index is 14.4. The number of primary amides is 1. The average molecular weight is 393 g/mol. The number of likely N-dealkylation sites (tertiary alicyclic amines) is 1. The van der Waals surface area contributed by atoms with Crippen molar-refractivity contribution >= 4 is 34.8 Å². The van der Waals surface area contributed by atoms with Gasteiger partial charge in [0.2, 0.25) is 5.91 Å². The van der Waals surface area contributed by atoms with Gasteiger partial charge in [0, 0.05) is 17.6 Å². The summed E-state index contributed by atoms with van der Waals surface area (Å²) in [6.45, 7) is 5.74. The molecule has 3 atom stereocenters. The summed E-state index contributed by atoms with van der Waals surface area (Å²) in [4.78, 5) is 31.3. The number of rotatable bonds is 3. The fraction of sp³-hybridized carbons (Fsp3) is 0.333. The Labute approximate surface area is 159 Å². The molecule has 1 saturated heterocycles. The van der Waals surface area contributed by atoms with Crippen LogP contribution in [0.25, 0.3) is 10.4 Å². The molecular weight excluding hydrogens is 377 g/mol. The molecule has 135 valence electrons. The van der Waals surface area contributed by atoms with E-state index in [-0.39, 0.29) is 34.3 Å². The van der Waals surface area contributed by atoms with E-state index < -0.39 is 17.1 Å². The number of hydrogen-bond donors (Lipinski definition) is 1. The first-order valence-corrected chi connectivity index (χ1v) is 9.33. The van der Waals surface area contributed by atoms with Crippen LogP contribution in [0.3, 0.4) is 0 Å². The van der Waals surface area contributed by atoms with E-state index >= 15 is 0 Å². The van der Waals surface area contributed by atoms with Crippen LogP contribution in [-0.2, 0) is 4.79 Å². The Balaban J connectivity index is 1.76. The highest BCUT2D eigenvalue weighted by atomic mass is 35.5. The Hall–Kier alpha value is -1.99. The van der Waals surface area contributed by atoms with E-state index in [4.69, 9.17) is 17.3 Å². The van der Waals surface area contributed by atoms with E-state index in [1.54, 1.807) is 17.9 Å². The first kappa shape index (κ1) is 17.4. The van der Waals surface area contributed by atoms with Crippen molar-refractivity contribution in [3.05, 3.63) is 46.7 Å². The number of piperidine rings is 1. The van der Waals surface area contributed by atoms with Crippen molar-refractivity contribution < 1.29 is 14.0 Å². The number of hydrogen-bond acceptors (Lipinski definition) is 4. The van der Waals surface area contributed by atoms with Gasteiger partial charge in [-0.1, -0.05) is 17.7 Å². The van der Waals surface area contributed by atoms with Crippen LogP contribution in [0.4, 0.5) is 4.39 Å². The number of aryl methyl sites for hydroxylation is 1. The predicted molar refractivity (Wildman–Crippen MR) is 97.2 cm³/mol. The Morgan fingerprint density at radius 2 is 2.19 bits per heavy atom. The van der Waals surface area contributed by atoms with Gasteiger partial charge in [-0.15, -0.1) is 11.3 Å². The van der Waals surface area contributed by atoms with Crippen LogP contribution in [-0.4, -0.2) is 33.8 Å². The first-order chi connectivity index (χ1) is 12.3. The van der Waals surface area contributed by atoms with E-state index in [2.05, 4.69) is 11.9 Å². The number of carbonyl (C=O) groups is 2. The van der Waals surface area contributed by atoms with E-state index in [9.17, 15) is 14.0 Å². The standard InChI is InChI=1S/C18H16ClFN3O2S/c1-8-6-18(17(21)25)7-12(18)23(8)16(24)14-15(26-9(2)22-14)13-10(19)4-3-5-11(13)20/h3-5,8,12H,1,6-7H2,2H3,(H2,21,25)/t8-,12-,18+/m0/s1. The summed E-state index contributed by atoms with van der Waals surface area (Å²) in [7, 11) is 0. The smallest absolute Gasteiger partial charge is 0.274 e. The maximum atomic E-state index is 14.4. The number of benzene rings is 1. The molecule has 0 spiro atoms. The van der Waals surface area contributed by atoms with Gasteiger partial charge in [-0.3, -0.25) is 9.59 Å². The predicted octanol–water partition coefficient (Wildman–Crippen LogP) is 3.20. The molecule has 1 aromatic carbocycles. The molecule has 1 saturated carbocycles. The molecule has 1 radical (unpaired) electrons. The molecule has 2 aromatic rings. The number of aromatic nitrogens is 1. The Bertz CT molecular complexity index is 926. The lowest BCUT2D eigenvalue weighted by molar-refractivity contribution is -0.123. The lowest BCUT2D eigenvalue weighted by Crippen LogP contribution is -2.37. The van der Waals surface area contributed by atoms with Crippen LogP contribution in [0.15, 0.2) is 18.2 Å². The summed E-state index contributed by atoms with van der Waals surface area (Å²) in [5.41, 5.74) is 5.14. The molecule has 1 aliphatic heterocycles. The van der Waals surface area contributed by atoms with Gasteiger partial charge in [-0.25, -0.2) is 9.37 Å². The van der Waals surface area contributed by atoms with Crippen molar-refractivity contribution in [2.45, 2.75) is 31.8 Å². The molecule has 5 nitrogen and oxygen atoms in total. The zero-order valence-electron chi connectivity index (χ0n) is 14.0. The summed E-state index contributed by atoms with van der Waals surface area (Å²) >= 11 is 7.39. The highest BCUT2D eigenvalue weighted by Crippen LogP contribution is 2.59. The first-order valence-electron chi connectivity index (χ1n) is 8.13. The normalized spacial score (nSPS) is 26.7. The van der Waals surface area contributed by atoms with Crippen molar-refractivity contribution in [2.75, 3.05) is 0 Å². The highest BCUT2D eigenvalue weighted by Gasteiger charge is 2.68. The lowest BCUT2D eigenvalue weighted by atomic mass is 10.00. The van der Waals surface area contributed by atoms with Crippen molar-refractivity contribution in [1.29, 1.82) is 0 Å². The van der Waals surface area contributed by atoms with Gasteiger partial charge >= 0.3 is 0 Å². The Kier molecular flexibility index (Phi) is 3.86. The zero-order chi connectivity index (χ0) is 18.8. The molecule has 2 N–H and O–H groups in total. The number of fused-ring (bicyclic) bond motifs is 1. The highest BCUT2D eigenvalue weighted by molar-refractivity contribution is 7.15. The molecule has 4 rings (SSSR count). The summed E-state index contributed by atoms with van der Waals surface area (Å²) in [6, 6.07) is 3.74. The largest absolute Gasteiger partial charge is 0.369 e. The van der Waals surface area contributed by atoms with Crippen LogP contribution in [0.1, 0.15) is 28.3 Å². The van der Waals surface area contributed by atoms with E-state index in [1.807, 2.05) is 0 Å². The molecule has 1 aliphatic carbocycles. The van der Waals surface area contributed by atoms with Crippen LogP contribution in [0.2, 0.25) is 5.02 Å². The molecule has 2 fully saturated rings. The van der Waals surface area contributed by atoms with Gasteiger partial charge in [-0.2, -0.15) is 0 Å². The number of carbonyl (C=O) groups excluding carboxylic acids is 2. The minimum absolute atomic E-state index is 0.139. The monoisotopic (exact) mass is 392 g/mol. The third-order valence-corrected chi connectivity index (χ3v) is 6.52. The van der Waals surface area contributed by atoms with Gasteiger partial charge in [0.05, 0.1) is 20.3 Å². The summed E-state index contributed by atoms with van der Waals surface area (Å²) in [5.74, 6) is -1.28. The molecule has 8 heteroatoms. The van der Waals surface area contributed by atoms with Gasteiger partial charge < -0.3 is 10.6 Å². The van der Waals surface area contributed by atoms with E-state index in [0.717, 1.165) is 0 Å². The van der Waals surface area contributed by atoms with Gasteiger partial charge in [0.25, 0.3) is 5.91 Å².